The fourth-order valence-electron chi connectivity index (χ4n) is 1.66. The average Bonchev–Trinajstić information content (AvgIpc) is 2.89. The molecular formula is C13H17N3OS. The molecule has 1 aromatic heterocycles. The van der Waals surface area contributed by atoms with Gasteiger partial charge in [0.2, 0.25) is 0 Å². The predicted octanol–water partition coefficient (Wildman–Crippen LogP) is 2.18. The van der Waals surface area contributed by atoms with Crippen molar-refractivity contribution in [1.82, 2.24) is 9.97 Å². The van der Waals surface area contributed by atoms with Crippen LogP contribution in [0.1, 0.15) is 18.9 Å². The van der Waals surface area contributed by atoms with Crippen LogP contribution >= 0.6 is 11.8 Å². The number of aromatic amines is 1. The van der Waals surface area contributed by atoms with Crippen molar-refractivity contribution in [1.29, 1.82) is 0 Å². The third kappa shape index (κ3) is 2.93. The van der Waals surface area contributed by atoms with E-state index in [0.29, 0.717) is 5.82 Å². The zero-order chi connectivity index (χ0) is 13.0. The molecule has 0 radical (unpaired) electrons. The van der Waals surface area contributed by atoms with Gasteiger partial charge in [0, 0.05) is 11.4 Å². The number of hydrogen-bond donors (Lipinski definition) is 3. The molecule has 0 spiro atoms. The summed E-state index contributed by atoms with van der Waals surface area (Å²) in [4.78, 5) is 8.47. The van der Waals surface area contributed by atoms with Crippen LogP contribution < -0.4 is 5.73 Å². The molecule has 5 heteroatoms. The number of aromatic nitrogens is 2. The first-order chi connectivity index (χ1) is 8.74. The highest BCUT2D eigenvalue weighted by atomic mass is 32.2. The molecule has 0 aliphatic carbocycles. The van der Waals surface area contributed by atoms with Gasteiger partial charge >= 0.3 is 0 Å². The Balaban J connectivity index is 2.18. The summed E-state index contributed by atoms with van der Waals surface area (Å²) in [5, 5.41) is 9.58. The number of nitrogens with zero attached hydrogens (tertiary/aromatic N) is 1. The van der Waals surface area contributed by atoms with Crippen LogP contribution in [-0.4, -0.2) is 27.4 Å². The zero-order valence-electron chi connectivity index (χ0n) is 10.3. The number of aliphatic hydroxyl groups excluding tert-OH is 1. The summed E-state index contributed by atoms with van der Waals surface area (Å²) in [5.41, 5.74) is 7.34. The minimum atomic E-state index is -0.728. The molecule has 1 heterocycles. The first kappa shape index (κ1) is 13.1. The summed E-state index contributed by atoms with van der Waals surface area (Å²) < 4.78 is 0. The fourth-order valence-corrected chi connectivity index (χ4v) is 2.32. The maximum Gasteiger partial charge on any atom is 0.136 e. The number of imidazole rings is 1. The van der Waals surface area contributed by atoms with Crippen LogP contribution in [0.5, 0.6) is 0 Å². The number of aliphatic hydroxyl groups is 1. The van der Waals surface area contributed by atoms with Crippen LogP contribution in [0.25, 0.3) is 11.3 Å². The van der Waals surface area contributed by atoms with Gasteiger partial charge in [-0.2, -0.15) is 0 Å². The van der Waals surface area contributed by atoms with Gasteiger partial charge in [-0.15, -0.1) is 11.8 Å². The highest BCUT2D eigenvalue weighted by Gasteiger charge is 2.10. The first-order valence-electron chi connectivity index (χ1n) is 5.91. The second-order valence-electron chi connectivity index (χ2n) is 3.89. The number of nitrogens with two attached hydrogens (primary N) is 1. The summed E-state index contributed by atoms with van der Waals surface area (Å²) in [6.07, 6.45) is 0.990. The number of nitrogens with one attached hydrogen (secondary N) is 1. The lowest BCUT2D eigenvalue weighted by Gasteiger charge is -2.03. The van der Waals surface area contributed by atoms with Crippen molar-refractivity contribution in [2.45, 2.75) is 17.9 Å². The smallest absolute Gasteiger partial charge is 0.136 e. The van der Waals surface area contributed by atoms with E-state index in [-0.39, 0.29) is 6.54 Å². The van der Waals surface area contributed by atoms with Crippen molar-refractivity contribution >= 4 is 11.8 Å². The molecule has 1 aromatic carbocycles. The molecule has 1 unspecified atom stereocenters. The number of thioether (sulfide) groups is 1. The Morgan fingerprint density at radius 2 is 2.11 bits per heavy atom. The molecule has 4 nitrogen and oxygen atoms in total. The molecule has 0 fully saturated rings. The lowest BCUT2D eigenvalue weighted by molar-refractivity contribution is 0.177. The van der Waals surface area contributed by atoms with E-state index >= 15 is 0 Å². The van der Waals surface area contributed by atoms with E-state index in [1.54, 1.807) is 6.20 Å². The van der Waals surface area contributed by atoms with E-state index in [0.717, 1.165) is 17.0 Å². The Morgan fingerprint density at radius 3 is 2.72 bits per heavy atom. The Hall–Kier alpha value is -1.30. The molecule has 96 valence electrons. The van der Waals surface area contributed by atoms with Gasteiger partial charge in [-0.3, -0.25) is 0 Å². The highest BCUT2D eigenvalue weighted by Crippen LogP contribution is 2.23. The van der Waals surface area contributed by atoms with Gasteiger partial charge in [0.05, 0.1) is 11.9 Å². The van der Waals surface area contributed by atoms with Crippen molar-refractivity contribution in [2.24, 2.45) is 5.73 Å². The molecular weight excluding hydrogens is 246 g/mol. The third-order valence-electron chi connectivity index (χ3n) is 2.61. The normalized spacial score (nSPS) is 12.6. The topological polar surface area (TPSA) is 74.9 Å². The van der Waals surface area contributed by atoms with Gasteiger partial charge in [0.25, 0.3) is 0 Å². The number of hydrogen-bond acceptors (Lipinski definition) is 4. The summed E-state index contributed by atoms with van der Waals surface area (Å²) in [6, 6.07) is 8.26. The van der Waals surface area contributed by atoms with Crippen molar-refractivity contribution < 1.29 is 5.11 Å². The van der Waals surface area contributed by atoms with Gasteiger partial charge in [-0.05, 0) is 23.4 Å². The van der Waals surface area contributed by atoms with Gasteiger partial charge in [-0.25, -0.2) is 4.98 Å². The highest BCUT2D eigenvalue weighted by molar-refractivity contribution is 7.99. The van der Waals surface area contributed by atoms with Crippen LogP contribution in [0.4, 0.5) is 0 Å². The van der Waals surface area contributed by atoms with Crippen LogP contribution in [0.2, 0.25) is 0 Å². The van der Waals surface area contributed by atoms with E-state index < -0.39 is 6.10 Å². The molecule has 1 atom stereocenters. The maximum absolute atomic E-state index is 9.58. The Bertz CT molecular complexity index is 495. The van der Waals surface area contributed by atoms with Crippen LogP contribution in [0.15, 0.2) is 35.4 Å². The fraction of sp³-hybridized carbons (Fsp3) is 0.308. The lowest BCUT2D eigenvalue weighted by atomic mass is 10.2. The van der Waals surface area contributed by atoms with E-state index in [4.69, 9.17) is 5.73 Å². The molecule has 2 aromatic rings. The number of benzene rings is 1. The molecule has 2 rings (SSSR count). The predicted molar refractivity (Wildman–Crippen MR) is 74.4 cm³/mol. The van der Waals surface area contributed by atoms with Crippen LogP contribution in [0, 0.1) is 0 Å². The van der Waals surface area contributed by atoms with E-state index in [9.17, 15) is 5.11 Å². The van der Waals surface area contributed by atoms with E-state index in [1.807, 2.05) is 23.9 Å². The second-order valence-corrected chi connectivity index (χ2v) is 5.23. The summed E-state index contributed by atoms with van der Waals surface area (Å²) >= 11 is 1.81. The third-order valence-corrected chi connectivity index (χ3v) is 3.50. The molecule has 0 amide bonds. The van der Waals surface area contributed by atoms with Gasteiger partial charge in [0.1, 0.15) is 11.9 Å². The molecule has 0 bridgehead atoms. The van der Waals surface area contributed by atoms with E-state index in [2.05, 4.69) is 29.0 Å². The van der Waals surface area contributed by atoms with E-state index in [1.165, 1.54) is 4.90 Å². The number of rotatable bonds is 5. The molecule has 0 saturated heterocycles. The van der Waals surface area contributed by atoms with Crippen LogP contribution in [0.3, 0.4) is 0 Å². The SMILES string of the molecule is CCSc1ccc(-c2cnc(C(O)CN)[nH]2)cc1. The zero-order valence-corrected chi connectivity index (χ0v) is 11.1. The van der Waals surface area contributed by atoms with Crippen molar-refractivity contribution in [3.63, 3.8) is 0 Å². The minimum Gasteiger partial charge on any atom is -0.384 e. The standard InChI is InChI=1S/C13H17N3OS/c1-2-18-10-5-3-9(4-6-10)11-8-15-13(16-11)12(17)7-14/h3-6,8,12,17H,2,7,14H2,1H3,(H,15,16). The van der Waals surface area contributed by atoms with Crippen molar-refractivity contribution in [3.8, 4) is 11.3 Å². The second kappa shape index (κ2) is 6.04. The monoisotopic (exact) mass is 263 g/mol. The van der Waals surface area contributed by atoms with Gasteiger partial charge in [0.15, 0.2) is 0 Å². The lowest BCUT2D eigenvalue weighted by Crippen LogP contribution is -2.12. The Labute approximate surface area is 111 Å². The molecule has 18 heavy (non-hydrogen) atoms. The summed E-state index contributed by atoms with van der Waals surface area (Å²) in [6.45, 7) is 2.30. The molecule has 0 aliphatic rings. The largest absolute Gasteiger partial charge is 0.384 e. The first-order valence-corrected chi connectivity index (χ1v) is 6.89. The summed E-state index contributed by atoms with van der Waals surface area (Å²) in [5.74, 6) is 1.58. The van der Waals surface area contributed by atoms with Gasteiger partial charge < -0.3 is 15.8 Å². The van der Waals surface area contributed by atoms with Crippen LogP contribution in [-0.2, 0) is 0 Å². The summed E-state index contributed by atoms with van der Waals surface area (Å²) in [7, 11) is 0. The van der Waals surface area contributed by atoms with Crippen molar-refractivity contribution in [3.05, 3.63) is 36.3 Å². The maximum atomic E-state index is 9.58. The number of H-pyrrole nitrogens is 1. The Kier molecular flexibility index (Phi) is 4.41. The minimum absolute atomic E-state index is 0.166. The average molecular weight is 263 g/mol. The molecule has 0 saturated carbocycles. The quantitative estimate of drug-likeness (QED) is 0.723. The van der Waals surface area contributed by atoms with Crippen molar-refractivity contribution in [2.75, 3.05) is 12.3 Å². The molecule has 0 aliphatic heterocycles. The van der Waals surface area contributed by atoms with Gasteiger partial charge in [-0.1, -0.05) is 19.1 Å². The Morgan fingerprint density at radius 1 is 1.39 bits per heavy atom. The molecule has 4 N–H and O–H groups in total.